The molecule has 0 saturated carbocycles. The third-order valence-corrected chi connectivity index (χ3v) is 3.61. The van der Waals surface area contributed by atoms with Gasteiger partial charge in [-0.2, -0.15) is 5.10 Å². The Morgan fingerprint density at radius 2 is 1.92 bits per heavy atom. The van der Waals surface area contributed by atoms with Crippen molar-refractivity contribution in [2.24, 2.45) is 7.05 Å². The van der Waals surface area contributed by atoms with E-state index in [4.69, 9.17) is 0 Å². The van der Waals surface area contributed by atoms with Gasteiger partial charge in [-0.05, 0) is 23.1 Å². The summed E-state index contributed by atoms with van der Waals surface area (Å²) in [5, 5.41) is 6.60. The van der Waals surface area contributed by atoms with E-state index in [0.29, 0.717) is 11.6 Å². The van der Waals surface area contributed by atoms with Gasteiger partial charge >= 0.3 is 5.97 Å². The molecule has 0 saturated heterocycles. The van der Waals surface area contributed by atoms with Crippen LogP contribution in [0.25, 0.3) is 6.08 Å². The molecule has 0 bridgehead atoms. The SMILES string of the molecule is COC(=O)c1c(NC(=O)/C=C/c2ccc(C(C)C)cc2)cnn1C. The van der Waals surface area contributed by atoms with Crippen molar-refractivity contribution in [2.45, 2.75) is 19.8 Å². The maximum Gasteiger partial charge on any atom is 0.358 e. The van der Waals surface area contributed by atoms with Gasteiger partial charge in [-0.1, -0.05) is 38.1 Å². The van der Waals surface area contributed by atoms with E-state index in [1.54, 1.807) is 13.1 Å². The van der Waals surface area contributed by atoms with Gasteiger partial charge in [0, 0.05) is 13.1 Å². The first-order valence-corrected chi connectivity index (χ1v) is 7.61. The van der Waals surface area contributed by atoms with Crippen molar-refractivity contribution in [1.82, 2.24) is 9.78 Å². The molecule has 0 spiro atoms. The fourth-order valence-corrected chi connectivity index (χ4v) is 2.21. The molecule has 6 nitrogen and oxygen atoms in total. The predicted octanol–water partition coefficient (Wildman–Crippen LogP) is 2.98. The summed E-state index contributed by atoms with van der Waals surface area (Å²) < 4.78 is 6.05. The highest BCUT2D eigenvalue weighted by Crippen LogP contribution is 2.17. The van der Waals surface area contributed by atoms with Gasteiger partial charge in [0.2, 0.25) is 5.91 Å². The molecule has 1 amide bonds. The quantitative estimate of drug-likeness (QED) is 0.677. The van der Waals surface area contributed by atoms with Gasteiger partial charge in [-0.15, -0.1) is 0 Å². The van der Waals surface area contributed by atoms with Gasteiger partial charge in [0.1, 0.15) is 0 Å². The zero-order valence-electron chi connectivity index (χ0n) is 14.2. The number of esters is 1. The molecule has 2 rings (SSSR count). The van der Waals surface area contributed by atoms with Gasteiger partial charge < -0.3 is 10.1 Å². The van der Waals surface area contributed by atoms with Crippen LogP contribution >= 0.6 is 0 Å². The molecule has 1 heterocycles. The second-order valence-electron chi connectivity index (χ2n) is 5.67. The Kier molecular flexibility index (Phi) is 5.52. The molecule has 6 heteroatoms. The summed E-state index contributed by atoms with van der Waals surface area (Å²) in [5.74, 6) is -0.437. The highest BCUT2D eigenvalue weighted by Gasteiger charge is 2.18. The Bertz CT molecular complexity index is 758. The molecular weight excluding hydrogens is 306 g/mol. The van der Waals surface area contributed by atoms with E-state index in [0.717, 1.165) is 5.56 Å². The number of aryl methyl sites for hydroxylation is 1. The van der Waals surface area contributed by atoms with Gasteiger partial charge in [0.25, 0.3) is 0 Å². The smallest absolute Gasteiger partial charge is 0.358 e. The number of methoxy groups -OCH3 is 1. The van der Waals surface area contributed by atoms with E-state index in [2.05, 4.69) is 29.0 Å². The number of benzene rings is 1. The number of anilines is 1. The molecule has 0 aliphatic rings. The zero-order valence-corrected chi connectivity index (χ0v) is 14.2. The number of carbonyl (C=O) groups is 2. The van der Waals surface area contributed by atoms with Crippen LogP contribution in [0, 0.1) is 0 Å². The molecule has 0 unspecified atom stereocenters. The lowest BCUT2D eigenvalue weighted by Gasteiger charge is -2.05. The lowest BCUT2D eigenvalue weighted by molar-refractivity contribution is -0.111. The molecule has 0 radical (unpaired) electrons. The van der Waals surface area contributed by atoms with Crippen molar-refractivity contribution >= 4 is 23.6 Å². The normalized spacial score (nSPS) is 11.0. The van der Waals surface area contributed by atoms with Crippen LogP contribution in [-0.4, -0.2) is 28.8 Å². The molecule has 0 aliphatic heterocycles. The number of amides is 1. The van der Waals surface area contributed by atoms with Gasteiger partial charge in [-0.25, -0.2) is 4.79 Å². The molecule has 126 valence electrons. The summed E-state index contributed by atoms with van der Waals surface area (Å²) in [6.45, 7) is 4.26. The van der Waals surface area contributed by atoms with E-state index < -0.39 is 5.97 Å². The molecule has 1 aromatic heterocycles. The van der Waals surface area contributed by atoms with Crippen LogP contribution in [0.4, 0.5) is 5.69 Å². The van der Waals surface area contributed by atoms with Crippen LogP contribution < -0.4 is 5.32 Å². The van der Waals surface area contributed by atoms with Crippen molar-refractivity contribution in [3.63, 3.8) is 0 Å². The highest BCUT2D eigenvalue weighted by atomic mass is 16.5. The Balaban J connectivity index is 2.07. The molecule has 0 atom stereocenters. The van der Waals surface area contributed by atoms with Crippen LogP contribution in [0.3, 0.4) is 0 Å². The zero-order chi connectivity index (χ0) is 17.7. The highest BCUT2D eigenvalue weighted by molar-refractivity contribution is 6.05. The van der Waals surface area contributed by atoms with Crippen molar-refractivity contribution < 1.29 is 14.3 Å². The lowest BCUT2D eigenvalue weighted by atomic mass is 10.0. The molecule has 24 heavy (non-hydrogen) atoms. The fourth-order valence-electron chi connectivity index (χ4n) is 2.21. The first kappa shape index (κ1) is 17.5. The van der Waals surface area contributed by atoms with E-state index >= 15 is 0 Å². The molecular formula is C18H21N3O3. The van der Waals surface area contributed by atoms with Crippen LogP contribution in [0.1, 0.15) is 41.4 Å². The molecule has 1 N–H and O–H groups in total. The predicted molar refractivity (Wildman–Crippen MR) is 92.7 cm³/mol. The average Bonchev–Trinajstić information content (AvgIpc) is 2.93. The molecule has 0 fully saturated rings. The van der Waals surface area contributed by atoms with Gasteiger partial charge in [0.15, 0.2) is 5.69 Å². The van der Waals surface area contributed by atoms with Gasteiger partial charge in [0.05, 0.1) is 19.0 Å². The number of rotatable bonds is 5. The summed E-state index contributed by atoms with van der Waals surface area (Å²) in [4.78, 5) is 23.8. The largest absolute Gasteiger partial charge is 0.464 e. The van der Waals surface area contributed by atoms with Crippen LogP contribution in [0.15, 0.2) is 36.5 Å². The Labute approximate surface area is 141 Å². The van der Waals surface area contributed by atoms with Crippen LogP contribution in [0.5, 0.6) is 0 Å². The third kappa shape index (κ3) is 4.10. The fraction of sp³-hybridized carbons (Fsp3) is 0.278. The van der Waals surface area contributed by atoms with Gasteiger partial charge in [-0.3, -0.25) is 9.48 Å². The summed E-state index contributed by atoms with van der Waals surface area (Å²) in [6.07, 6.45) is 4.54. The van der Waals surface area contributed by atoms with E-state index in [9.17, 15) is 9.59 Å². The second kappa shape index (κ2) is 7.59. The first-order chi connectivity index (χ1) is 11.4. The van der Waals surface area contributed by atoms with Crippen LogP contribution in [0.2, 0.25) is 0 Å². The minimum absolute atomic E-state index is 0.195. The van der Waals surface area contributed by atoms with Crippen molar-refractivity contribution in [2.75, 3.05) is 12.4 Å². The number of nitrogens with zero attached hydrogens (tertiary/aromatic N) is 2. The third-order valence-electron chi connectivity index (χ3n) is 3.61. The van der Waals surface area contributed by atoms with E-state index in [1.165, 1.54) is 29.6 Å². The maximum absolute atomic E-state index is 12.0. The minimum Gasteiger partial charge on any atom is -0.464 e. The Morgan fingerprint density at radius 1 is 1.25 bits per heavy atom. The average molecular weight is 327 g/mol. The minimum atomic E-state index is -0.557. The number of nitrogens with one attached hydrogen (secondary N) is 1. The molecule has 0 aliphatic carbocycles. The summed E-state index contributed by atoms with van der Waals surface area (Å²) >= 11 is 0. The Hall–Kier alpha value is -2.89. The summed E-state index contributed by atoms with van der Waals surface area (Å²) in [5.41, 5.74) is 2.68. The monoisotopic (exact) mass is 327 g/mol. The summed E-state index contributed by atoms with van der Waals surface area (Å²) in [7, 11) is 2.88. The number of aromatic nitrogens is 2. The topological polar surface area (TPSA) is 73.2 Å². The lowest BCUT2D eigenvalue weighted by Crippen LogP contribution is -2.14. The van der Waals surface area contributed by atoms with Crippen molar-refractivity contribution in [3.05, 3.63) is 53.4 Å². The van der Waals surface area contributed by atoms with E-state index in [1.807, 2.05) is 24.3 Å². The number of ether oxygens (including phenoxy) is 1. The van der Waals surface area contributed by atoms with Crippen molar-refractivity contribution in [3.8, 4) is 0 Å². The van der Waals surface area contributed by atoms with E-state index in [-0.39, 0.29) is 11.6 Å². The molecule has 2 aromatic rings. The number of hydrogen-bond acceptors (Lipinski definition) is 4. The second-order valence-corrected chi connectivity index (χ2v) is 5.67. The maximum atomic E-state index is 12.0. The standard InChI is InChI=1S/C18H21N3O3/c1-12(2)14-8-5-13(6-9-14)7-10-16(22)20-15-11-19-21(3)17(15)18(23)24-4/h5-12H,1-4H3,(H,20,22)/b10-7+. The van der Waals surface area contributed by atoms with Crippen molar-refractivity contribution in [1.29, 1.82) is 0 Å². The van der Waals surface area contributed by atoms with Crippen LogP contribution in [-0.2, 0) is 16.6 Å². The summed E-state index contributed by atoms with van der Waals surface area (Å²) in [6, 6.07) is 8.00. The first-order valence-electron chi connectivity index (χ1n) is 7.61. The Morgan fingerprint density at radius 3 is 2.50 bits per heavy atom. The number of carbonyl (C=O) groups excluding carboxylic acids is 2. The number of hydrogen-bond donors (Lipinski definition) is 1. The molecule has 1 aromatic carbocycles.